The van der Waals surface area contributed by atoms with Crippen LogP contribution in [0.15, 0.2) is 42.5 Å². The smallest absolute Gasteiger partial charge is 0.416 e. The molecule has 2 aromatic rings. The van der Waals surface area contributed by atoms with Crippen molar-refractivity contribution in [3.8, 4) is 0 Å². The maximum absolute atomic E-state index is 13.3. The summed E-state index contributed by atoms with van der Waals surface area (Å²) < 4.78 is 39.9. The van der Waals surface area contributed by atoms with Gasteiger partial charge in [-0.25, -0.2) is 0 Å². The first kappa shape index (κ1) is 20.7. The van der Waals surface area contributed by atoms with Crippen LogP contribution in [0.4, 0.5) is 13.2 Å². The zero-order valence-corrected chi connectivity index (χ0v) is 16.1. The highest BCUT2D eigenvalue weighted by molar-refractivity contribution is 6.31. The van der Waals surface area contributed by atoms with Gasteiger partial charge in [0.2, 0.25) is 0 Å². The van der Waals surface area contributed by atoms with E-state index in [4.69, 9.17) is 11.6 Å². The monoisotopic (exact) mass is 411 g/mol. The van der Waals surface area contributed by atoms with Crippen molar-refractivity contribution >= 4 is 17.6 Å². The Balaban J connectivity index is 2.06. The maximum Gasteiger partial charge on any atom is 0.416 e. The number of aliphatic carboxylic acids is 1. The number of aryl methyl sites for hydroxylation is 1. The van der Waals surface area contributed by atoms with Gasteiger partial charge in [-0.05, 0) is 67.7 Å². The highest BCUT2D eigenvalue weighted by Crippen LogP contribution is 2.40. The second-order valence-electron chi connectivity index (χ2n) is 7.14. The number of carbonyl (C=O) groups is 1. The quantitative estimate of drug-likeness (QED) is 0.716. The van der Waals surface area contributed by atoms with Crippen molar-refractivity contribution in [3.05, 3.63) is 69.7 Å². The van der Waals surface area contributed by atoms with Crippen LogP contribution in [0.2, 0.25) is 5.02 Å². The molecule has 150 valence electrons. The fourth-order valence-corrected chi connectivity index (χ4v) is 4.01. The van der Waals surface area contributed by atoms with Crippen LogP contribution in [-0.4, -0.2) is 29.1 Å². The van der Waals surface area contributed by atoms with Gasteiger partial charge >= 0.3 is 12.1 Å². The highest BCUT2D eigenvalue weighted by Gasteiger charge is 2.35. The lowest BCUT2D eigenvalue weighted by molar-refractivity contribution is -0.143. The SMILES string of the molecule is Cc1ccccc1C(c1cc(C(F)(F)F)ccc1Cl)N1CCC(C(=O)O)CC1. The van der Waals surface area contributed by atoms with E-state index in [2.05, 4.69) is 0 Å². The largest absolute Gasteiger partial charge is 0.481 e. The first-order valence-electron chi connectivity index (χ1n) is 9.07. The molecule has 1 aliphatic heterocycles. The van der Waals surface area contributed by atoms with Crippen molar-refractivity contribution < 1.29 is 23.1 Å². The number of piperidine rings is 1. The molecule has 0 saturated carbocycles. The van der Waals surface area contributed by atoms with E-state index in [0.29, 0.717) is 31.5 Å². The third-order valence-corrected chi connectivity index (χ3v) is 5.69. The fourth-order valence-electron chi connectivity index (χ4n) is 3.79. The molecule has 0 radical (unpaired) electrons. The summed E-state index contributed by atoms with van der Waals surface area (Å²) >= 11 is 6.35. The number of rotatable bonds is 4. The fraction of sp³-hybridized carbons (Fsp3) is 0.381. The van der Waals surface area contributed by atoms with Gasteiger partial charge in [-0.1, -0.05) is 35.9 Å². The molecule has 0 aliphatic carbocycles. The topological polar surface area (TPSA) is 40.5 Å². The van der Waals surface area contributed by atoms with Crippen LogP contribution in [-0.2, 0) is 11.0 Å². The highest BCUT2D eigenvalue weighted by atomic mass is 35.5. The minimum Gasteiger partial charge on any atom is -0.481 e. The Kier molecular flexibility index (Phi) is 6.01. The Bertz CT molecular complexity index is 861. The molecule has 2 aromatic carbocycles. The van der Waals surface area contributed by atoms with E-state index in [1.165, 1.54) is 6.07 Å². The van der Waals surface area contributed by atoms with Crippen molar-refractivity contribution in [2.24, 2.45) is 5.92 Å². The summed E-state index contributed by atoms with van der Waals surface area (Å²) in [6.07, 6.45) is -3.56. The number of benzene rings is 2. The van der Waals surface area contributed by atoms with Gasteiger partial charge < -0.3 is 5.11 Å². The summed E-state index contributed by atoms with van der Waals surface area (Å²) in [5.41, 5.74) is 1.46. The number of alkyl halides is 3. The van der Waals surface area contributed by atoms with E-state index in [1.54, 1.807) is 0 Å². The minimum atomic E-state index is -4.47. The van der Waals surface area contributed by atoms with Crippen LogP contribution in [0, 0.1) is 12.8 Å². The van der Waals surface area contributed by atoms with Gasteiger partial charge in [0.25, 0.3) is 0 Å². The Hall–Kier alpha value is -2.05. The first-order chi connectivity index (χ1) is 13.2. The number of carboxylic acids is 1. The van der Waals surface area contributed by atoms with E-state index < -0.39 is 29.7 Å². The lowest BCUT2D eigenvalue weighted by atomic mass is 9.89. The Morgan fingerprint density at radius 2 is 1.79 bits per heavy atom. The summed E-state index contributed by atoms with van der Waals surface area (Å²) in [5, 5.41) is 9.51. The zero-order chi connectivity index (χ0) is 20.5. The second-order valence-corrected chi connectivity index (χ2v) is 7.55. The molecule has 1 atom stereocenters. The zero-order valence-electron chi connectivity index (χ0n) is 15.3. The van der Waals surface area contributed by atoms with Gasteiger partial charge in [0, 0.05) is 5.02 Å². The normalized spacial score (nSPS) is 17.5. The summed E-state index contributed by atoms with van der Waals surface area (Å²) in [6.45, 7) is 2.86. The summed E-state index contributed by atoms with van der Waals surface area (Å²) in [4.78, 5) is 13.3. The van der Waals surface area contributed by atoms with Crippen LogP contribution in [0.25, 0.3) is 0 Å². The number of nitrogens with zero attached hydrogens (tertiary/aromatic N) is 1. The van der Waals surface area contributed by atoms with E-state index in [0.717, 1.165) is 23.3 Å². The second kappa shape index (κ2) is 8.13. The molecule has 3 nitrogen and oxygen atoms in total. The Labute approximate surface area is 166 Å². The predicted molar refractivity (Wildman–Crippen MR) is 101 cm³/mol. The van der Waals surface area contributed by atoms with E-state index >= 15 is 0 Å². The van der Waals surface area contributed by atoms with Gasteiger partial charge in [0.05, 0.1) is 17.5 Å². The van der Waals surface area contributed by atoms with E-state index in [1.807, 2.05) is 36.1 Å². The first-order valence-corrected chi connectivity index (χ1v) is 9.45. The number of hydrogen-bond acceptors (Lipinski definition) is 2. The maximum atomic E-state index is 13.3. The predicted octanol–water partition coefficient (Wildman–Crippen LogP) is 5.55. The number of likely N-dealkylation sites (tertiary alicyclic amines) is 1. The van der Waals surface area contributed by atoms with Gasteiger partial charge in [-0.2, -0.15) is 13.2 Å². The van der Waals surface area contributed by atoms with Crippen molar-refractivity contribution in [2.75, 3.05) is 13.1 Å². The Morgan fingerprint density at radius 1 is 1.14 bits per heavy atom. The van der Waals surface area contributed by atoms with Crippen molar-refractivity contribution in [3.63, 3.8) is 0 Å². The van der Waals surface area contributed by atoms with Crippen molar-refractivity contribution in [1.82, 2.24) is 4.90 Å². The Morgan fingerprint density at radius 3 is 2.36 bits per heavy atom. The molecule has 7 heteroatoms. The standard InChI is InChI=1S/C21H21ClF3NO2/c1-13-4-2-3-5-16(13)19(26-10-8-14(9-11-26)20(27)28)17-12-15(21(23,24)25)6-7-18(17)22/h2-7,12,14,19H,8-11H2,1H3,(H,27,28). The molecule has 28 heavy (non-hydrogen) atoms. The summed E-state index contributed by atoms with van der Waals surface area (Å²) in [6, 6.07) is 10.4. The molecule has 0 bridgehead atoms. The van der Waals surface area contributed by atoms with Crippen LogP contribution in [0.1, 0.15) is 41.1 Å². The molecule has 0 amide bonds. The molecule has 1 aliphatic rings. The molecular weight excluding hydrogens is 391 g/mol. The van der Waals surface area contributed by atoms with Crippen LogP contribution in [0.5, 0.6) is 0 Å². The number of carboxylic acid groups (broad SMARTS) is 1. The molecule has 1 N–H and O–H groups in total. The third-order valence-electron chi connectivity index (χ3n) is 5.34. The van der Waals surface area contributed by atoms with E-state index in [9.17, 15) is 23.1 Å². The molecular formula is C21H21ClF3NO2. The van der Waals surface area contributed by atoms with Gasteiger partial charge in [0.15, 0.2) is 0 Å². The minimum absolute atomic E-state index is 0.265. The van der Waals surface area contributed by atoms with Gasteiger partial charge in [-0.15, -0.1) is 0 Å². The van der Waals surface area contributed by atoms with Gasteiger partial charge in [-0.3, -0.25) is 9.69 Å². The molecule has 3 rings (SSSR count). The van der Waals surface area contributed by atoms with Crippen molar-refractivity contribution in [1.29, 1.82) is 0 Å². The van der Waals surface area contributed by atoms with Crippen LogP contribution in [0.3, 0.4) is 0 Å². The lowest BCUT2D eigenvalue weighted by Gasteiger charge is -2.38. The van der Waals surface area contributed by atoms with Gasteiger partial charge in [0.1, 0.15) is 0 Å². The molecule has 1 fully saturated rings. The number of hydrogen-bond donors (Lipinski definition) is 1. The molecule has 1 unspecified atom stereocenters. The van der Waals surface area contributed by atoms with Crippen LogP contribution >= 0.6 is 11.6 Å². The van der Waals surface area contributed by atoms with Crippen molar-refractivity contribution in [2.45, 2.75) is 32.0 Å². The molecule has 1 heterocycles. The average molecular weight is 412 g/mol. The summed E-state index contributed by atoms with van der Waals surface area (Å²) in [7, 11) is 0. The summed E-state index contributed by atoms with van der Waals surface area (Å²) in [5.74, 6) is -1.25. The number of halogens is 4. The lowest BCUT2D eigenvalue weighted by Crippen LogP contribution is -2.39. The average Bonchev–Trinajstić information content (AvgIpc) is 2.64. The molecule has 0 spiro atoms. The third kappa shape index (κ3) is 4.33. The molecule has 1 saturated heterocycles. The van der Waals surface area contributed by atoms with E-state index in [-0.39, 0.29) is 5.02 Å². The molecule has 0 aromatic heterocycles. The van der Waals surface area contributed by atoms with Crippen LogP contribution < -0.4 is 0 Å².